The monoisotopic (exact) mass is 432 g/mol. The third kappa shape index (κ3) is 4.68. The van der Waals surface area contributed by atoms with Crippen LogP contribution < -0.4 is 19.9 Å². The summed E-state index contributed by atoms with van der Waals surface area (Å²) in [6, 6.07) is 7.06. The second-order valence-electron chi connectivity index (χ2n) is 7.09. The highest BCUT2D eigenvalue weighted by Crippen LogP contribution is 2.27. The first kappa shape index (κ1) is 20.5. The van der Waals surface area contributed by atoms with Gasteiger partial charge in [-0.05, 0) is 18.2 Å². The number of carbonyl (C=O) groups excluding carboxylic acids is 1. The largest absolute Gasteiger partial charge is 0.495 e. The number of morpholine rings is 1. The number of hydrogen-bond acceptors (Lipinski definition) is 7. The van der Waals surface area contributed by atoms with Crippen molar-refractivity contribution in [1.29, 1.82) is 0 Å². The van der Waals surface area contributed by atoms with Crippen LogP contribution in [-0.4, -0.2) is 80.5 Å². The third-order valence-corrected chi connectivity index (χ3v) is 5.56. The highest BCUT2D eigenvalue weighted by Gasteiger charge is 2.23. The Kier molecular flexibility index (Phi) is 6.39. The first-order valence-electron chi connectivity index (χ1n) is 9.93. The summed E-state index contributed by atoms with van der Waals surface area (Å²) in [6.45, 7) is 5.71. The maximum Gasteiger partial charge on any atom is 0.321 e. The number of piperazine rings is 1. The van der Waals surface area contributed by atoms with E-state index in [2.05, 4.69) is 25.1 Å². The molecule has 2 aliphatic rings. The molecule has 0 unspecified atom stereocenters. The van der Waals surface area contributed by atoms with Gasteiger partial charge in [-0.1, -0.05) is 11.6 Å². The number of aromatic nitrogens is 2. The van der Waals surface area contributed by atoms with Crippen molar-refractivity contribution in [3.05, 3.63) is 35.6 Å². The smallest absolute Gasteiger partial charge is 0.321 e. The van der Waals surface area contributed by atoms with Crippen molar-refractivity contribution >= 4 is 35.0 Å². The minimum Gasteiger partial charge on any atom is -0.495 e. The number of ether oxygens (including phenoxy) is 2. The van der Waals surface area contributed by atoms with E-state index in [1.165, 1.54) is 0 Å². The van der Waals surface area contributed by atoms with Crippen molar-refractivity contribution in [1.82, 2.24) is 14.9 Å². The van der Waals surface area contributed by atoms with Gasteiger partial charge in [0.05, 0.1) is 25.3 Å². The lowest BCUT2D eigenvalue weighted by Crippen LogP contribution is -2.50. The molecule has 9 nitrogen and oxygen atoms in total. The van der Waals surface area contributed by atoms with Gasteiger partial charge in [-0.3, -0.25) is 0 Å². The van der Waals surface area contributed by atoms with Crippen LogP contribution in [0.4, 0.5) is 22.1 Å². The number of nitrogens with one attached hydrogen (secondary N) is 1. The molecule has 4 rings (SSSR count). The lowest BCUT2D eigenvalue weighted by Gasteiger charge is -2.36. The van der Waals surface area contributed by atoms with Gasteiger partial charge in [0, 0.05) is 51.0 Å². The van der Waals surface area contributed by atoms with Crippen molar-refractivity contribution in [3.63, 3.8) is 0 Å². The molecule has 1 aromatic carbocycles. The molecule has 3 heterocycles. The summed E-state index contributed by atoms with van der Waals surface area (Å²) in [6.07, 6.45) is 1.60. The lowest BCUT2D eigenvalue weighted by molar-refractivity contribution is 0.122. The van der Waals surface area contributed by atoms with Gasteiger partial charge >= 0.3 is 6.03 Å². The topological polar surface area (TPSA) is 83.1 Å². The van der Waals surface area contributed by atoms with E-state index in [1.807, 2.05) is 6.07 Å². The van der Waals surface area contributed by atoms with Crippen molar-refractivity contribution in [2.24, 2.45) is 0 Å². The molecule has 10 heteroatoms. The van der Waals surface area contributed by atoms with Crippen LogP contribution in [0, 0.1) is 0 Å². The second-order valence-corrected chi connectivity index (χ2v) is 7.49. The molecule has 1 N–H and O–H groups in total. The Morgan fingerprint density at radius 2 is 1.70 bits per heavy atom. The van der Waals surface area contributed by atoms with E-state index < -0.39 is 0 Å². The normalized spacial score (nSPS) is 17.1. The van der Waals surface area contributed by atoms with Crippen LogP contribution in [-0.2, 0) is 4.74 Å². The summed E-state index contributed by atoms with van der Waals surface area (Å²) >= 11 is 6.14. The molecule has 0 radical (unpaired) electrons. The number of hydrogen-bond donors (Lipinski definition) is 1. The van der Waals surface area contributed by atoms with Crippen molar-refractivity contribution in [2.45, 2.75) is 0 Å². The highest BCUT2D eigenvalue weighted by molar-refractivity contribution is 6.32. The number of halogens is 1. The molecule has 2 amide bonds. The zero-order valence-corrected chi connectivity index (χ0v) is 17.6. The molecule has 2 aromatic rings. The molecule has 160 valence electrons. The van der Waals surface area contributed by atoms with Gasteiger partial charge in [0.2, 0.25) is 0 Å². The average Bonchev–Trinajstić information content (AvgIpc) is 2.80. The molecule has 0 saturated carbocycles. The van der Waals surface area contributed by atoms with Crippen molar-refractivity contribution < 1.29 is 14.3 Å². The highest BCUT2D eigenvalue weighted by atomic mass is 35.5. The van der Waals surface area contributed by atoms with Crippen LogP contribution in [0.2, 0.25) is 5.02 Å². The van der Waals surface area contributed by atoms with E-state index in [1.54, 1.807) is 36.5 Å². The Bertz CT molecular complexity index is 885. The quantitative estimate of drug-likeness (QED) is 0.793. The van der Waals surface area contributed by atoms with Gasteiger partial charge in [0.25, 0.3) is 0 Å². The molecule has 30 heavy (non-hydrogen) atoms. The SMILES string of the molecule is COc1ccc(NC(=O)N2CCN(c3cc(N4CCOCC4)ncn3)CC2)cc1Cl. The Morgan fingerprint density at radius 1 is 1.03 bits per heavy atom. The van der Waals surface area contributed by atoms with Gasteiger partial charge in [-0.25, -0.2) is 14.8 Å². The Labute approximate surface area is 180 Å². The fourth-order valence-corrected chi connectivity index (χ4v) is 3.82. The maximum absolute atomic E-state index is 12.6. The van der Waals surface area contributed by atoms with Gasteiger partial charge in [-0.2, -0.15) is 0 Å². The minimum absolute atomic E-state index is 0.146. The number of urea groups is 1. The van der Waals surface area contributed by atoms with E-state index in [-0.39, 0.29) is 6.03 Å². The van der Waals surface area contributed by atoms with E-state index in [0.717, 1.165) is 24.7 Å². The zero-order valence-electron chi connectivity index (χ0n) is 16.9. The van der Waals surface area contributed by atoms with Crippen LogP contribution in [0.25, 0.3) is 0 Å². The predicted octanol–water partition coefficient (Wildman–Crippen LogP) is 2.33. The van der Waals surface area contributed by atoms with Crippen LogP contribution in [0.5, 0.6) is 5.75 Å². The van der Waals surface area contributed by atoms with Crippen molar-refractivity contribution in [2.75, 3.05) is 74.7 Å². The second kappa shape index (κ2) is 9.36. The summed E-state index contributed by atoms with van der Waals surface area (Å²) in [5.41, 5.74) is 0.638. The first-order chi connectivity index (χ1) is 14.6. The Hall–Kier alpha value is -2.78. The summed E-state index contributed by atoms with van der Waals surface area (Å²) in [5, 5.41) is 3.35. The molecule has 0 bridgehead atoms. The Balaban J connectivity index is 1.33. The summed E-state index contributed by atoms with van der Waals surface area (Å²) in [5.74, 6) is 2.37. The van der Waals surface area contributed by atoms with Gasteiger partial charge in [0.15, 0.2) is 0 Å². The fraction of sp³-hybridized carbons (Fsp3) is 0.450. The summed E-state index contributed by atoms with van der Waals surface area (Å²) in [4.78, 5) is 27.6. The number of carbonyl (C=O) groups is 1. The van der Waals surface area contributed by atoms with Crippen molar-refractivity contribution in [3.8, 4) is 5.75 Å². The Morgan fingerprint density at radius 3 is 2.33 bits per heavy atom. The van der Waals surface area contributed by atoms with E-state index >= 15 is 0 Å². The number of anilines is 3. The number of benzene rings is 1. The van der Waals surface area contributed by atoms with Crippen LogP contribution in [0.1, 0.15) is 0 Å². The van der Waals surface area contributed by atoms with E-state index in [4.69, 9.17) is 21.1 Å². The van der Waals surface area contributed by atoms with Crippen LogP contribution in [0.3, 0.4) is 0 Å². The lowest BCUT2D eigenvalue weighted by atomic mass is 10.3. The van der Waals surface area contributed by atoms with Gasteiger partial charge in [-0.15, -0.1) is 0 Å². The molecule has 1 aromatic heterocycles. The van der Waals surface area contributed by atoms with E-state index in [9.17, 15) is 4.79 Å². The zero-order chi connectivity index (χ0) is 20.9. The maximum atomic E-state index is 12.6. The molecule has 0 aliphatic carbocycles. The number of nitrogens with zero attached hydrogens (tertiary/aromatic N) is 5. The molecule has 0 atom stereocenters. The summed E-state index contributed by atoms with van der Waals surface area (Å²) < 4.78 is 10.6. The first-order valence-corrected chi connectivity index (χ1v) is 10.3. The number of rotatable bonds is 4. The molecule has 0 spiro atoms. The molecule has 2 saturated heterocycles. The van der Waals surface area contributed by atoms with Crippen LogP contribution in [0.15, 0.2) is 30.6 Å². The van der Waals surface area contributed by atoms with Gasteiger partial charge in [0.1, 0.15) is 23.7 Å². The molecular formula is C20H25ClN6O3. The number of amides is 2. The average molecular weight is 433 g/mol. The molecular weight excluding hydrogens is 408 g/mol. The van der Waals surface area contributed by atoms with Crippen LogP contribution >= 0.6 is 11.6 Å². The van der Waals surface area contributed by atoms with E-state index in [0.29, 0.717) is 55.9 Å². The number of methoxy groups -OCH3 is 1. The third-order valence-electron chi connectivity index (χ3n) is 5.27. The fourth-order valence-electron chi connectivity index (χ4n) is 3.56. The minimum atomic E-state index is -0.146. The molecule has 2 fully saturated rings. The van der Waals surface area contributed by atoms with Gasteiger partial charge < -0.3 is 29.5 Å². The summed E-state index contributed by atoms with van der Waals surface area (Å²) in [7, 11) is 1.56. The standard InChI is InChI=1S/C20H25ClN6O3/c1-29-17-3-2-15(12-16(17)21)24-20(28)27-6-4-25(5-7-27)18-13-19(23-14-22-18)26-8-10-30-11-9-26/h2-3,12-14H,4-11H2,1H3,(H,24,28). The molecule has 2 aliphatic heterocycles. The predicted molar refractivity (Wildman–Crippen MR) is 116 cm³/mol.